The van der Waals surface area contributed by atoms with Crippen molar-refractivity contribution < 1.29 is 18.7 Å². The van der Waals surface area contributed by atoms with E-state index >= 15 is 0 Å². The highest BCUT2D eigenvalue weighted by Gasteiger charge is 2.22. The lowest BCUT2D eigenvalue weighted by molar-refractivity contribution is 0.0588. The standard InChI is InChI=1S/C9H13NO4/c1-5(2)7-10-6(8(11)12-3)9(13-4)14-7/h5H,1-4H3. The number of carbonyl (C=O) groups excluding carboxylic acids is 1. The van der Waals surface area contributed by atoms with Crippen molar-refractivity contribution in [1.29, 1.82) is 0 Å². The maximum atomic E-state index is 11.2. The van der Waals surface area contributed by atoms with Crippen LogP contribution in [0.2, 0.25) is 0 Å². The van der Waals surface area contributed by atoms with E-state index in [0.29, 0.717) is 5.89 Å². The zero-order valence-corrected chi connectivity index (χ0v) is 8.66. The zero-order chi connectivity index (χ0) is 10.7. The first kappa shape index (κ1) is 10.6. The number of esters is 1. The summed E-state index contributed by atoms with van der Waals surface area (Å²) in [6.45, 7) is 3.82. The lowest BCUT2D eigenvalue weighted by atomic mass is 10.2. The fourth-order valence-corrected chi connectivity index (χ4v) is 0.933. The summed E-state index contributed by atoms with van der Waals surface area (Å²) in [7, 11) is 2.70. The van der Waals surface area contributed by atoms with Crippen LogP contribution < -0.4 is 4.74 Å². The number of rotatable bonds is 3. The Kier molecular flexibility index (Phi) is 3.11. The van der Waals surface area contributed by atoms with Gasteiger partial charge in [0.05, 0.1) is 14.2 Å². The van der Waals surface area contributed by atoms with Gasteiger partial charge in [0.1, 0.15) is 0 Å². The Labute approximate surface area is 82.0 Å². The molecule has 0 aliphatic rings. The molecular formula is C9H13NO4. The first-order valence-electron chi connectivity index (χ1n) is 4.23. The predicted molar refractivity (Wildman–Crippen MR) is 48.5 cm³/mol. The van der Waals surface area contributed by atoms with E-state index in [0.717, 1.165) is 0 Å². The molecule has 14 heavy (non-hydrogen) atoms. The molecule has 0 bridgehead atoms. The summed E-state index contributed by atoms with van der Waals surface area (Å²) in [5.41, 5.74) is 0.0821. The predicted octanol–water partition coefficient (Wildman–Crippen LogP) is 1.59. The van der Waals surface area contributed by atoms with Crippen molar-refractivity contribution in [3.63, 3.8) is 0 Å². The summed E-state index contributed by atoms with van der Waals surface area (Å²) < 4.78 is 14.6. The van der Waals surface area contributed by atoms with Crippen molar-refractivity contribution in [2.75, 3.05) is 14.2 Å². The van der Waals surface area contributed by atoms with Crippen LogP contribution in [0.1, 0.15) is 36.1 Å². The van der Waals surface area contributed by atoms with Gasteiger partial charge >= 0.3 is 11.9 Å². The molecule has 1 aromatic rings. The molecule has 0 aliphatic heterocycles. The first-order chi connectivity index (χ1) is 6.60. The number of hydrogen-bond donors (Lipinski definition) is 0. The fraction of sp³-hybridized carbons (Fsp3) is 0.556. The smallest absolute Gasteiger partial charge is 0.364 e. The molecule has 0 amide bonds. The maximum absolute atomic E-state index is 11.2. The summed E-state index contributed by atoms with van der Waals surface area (Å²) in [6.07, 6.45) is 0. The molecule has 0 atom stereocenters. The quantitative estimate of drug-likeness (QED) is 0.692. The highest BCUT2D eigenvalue weighted by Crippen LogP contribution is 2.24. The minimum absolute atomic E-state index is 0.0821. The first-order valence-corrected chi connectivity index (χ1v) is 4.23. The van der Waals surface area contributed by atoms with Crippen molar-refractivity contribution in [2.24, 2.45) is 0 Å². The van der Waals surface area contributed by atoms with Gasteiger partial charge < -0.3 is 13.9 Å². The average molecular weight is 199 g/mol. The summed E-state index contributed by atoms with van der Waals surface area (Å²) in [4.78, 5) is 15.2. The molecule has 0 aromatic carbocycles. The van der Waals surface area contributed by atoms with Crippen molar-refractivity contribution in [3.8, 4) is 5.95 Å². The number of ether oxygens (including phenoxy) is 2. The molecule has 0 fully saturated rings. The molecule has 1 heterocycles. The molecule has 0 saturated carbocycles. The Morgan fingerprint density at radius 2 is 2.07 bits per heavy atom. The van der Waals surface area contributed by atoms with Crippen LogP contribution in [0.15, 0.2) is 4.42 Å². The second-order valence-corrected chi connectivity index (χ2v) is 3.04. The van der Waals surface area contributed by atoms with E-state index in [1.54, 1.807) is 0 Å². The van der Waals surface area contributed by atoms with Gasteiger partial charge in [0.15, 0.2) is 0 Å². The molecule has 0 unspecified atom stereocenters. The van der Waals surface area contributed by atoms with E-state index in [9.17, 15) is 4.79 Å². The molecule has 1 aromatic heterocycles. The Balaban J connectivity index is 3.08. The van der Waals surface area contributed by atoms with Gasteiger partial charge in [-0.1, -0.05) is 13.8 Å². The summed E-state index contributed by atoms with van der Waals surface area (Å²) in [5.74, 6) is 0.0996. The molecule has 0 aliphatic carbocycles. The van der Waals surface area contributed by atoms with Gasteiger partial charge in [-0.15, -0.1) is 0 Å². The monoisotopic (exact) mass is 199 g/mol. The number of oxazole rings is 1. The highest BCUT2D eigenvalue weighted by molar-refractivity contribution is 5.89. The molecular weight excluding hydrogens is 186 g/mol. The van der Waals surface area contributed by atoms with Crippen LogP contribution >= 0.6 is 0 Å². The number of aromatic nitrogens is 1. The molecule has 78 valence electrons. The number of nitrogens with zero attached hydrogens (tertiary/aromatic N) is 1. The topological polar surface area (TPSA) is 61.6 Å². The third-order valence-electron chi connectivity index (χ3n) is 1.67. The Morgan fingerprint density at radius 1 is 1.43 bits per heavy atom. The van der Waals surface area contributed by atoms with E-state index in [4.69, 9.17) is 9.15 Å². The summed E-state index contributed by atoms with van der Waals surface area (Å²) in [5, 5.41) is 0. The minimum Gasteiger partial charge on any atom is -0.467 e. The summed E-state index contributed by atoms with van der Waals surface area (Å²) >= 11 is 0. The average Bonchev–Trinajstić information content (AvgIpc) is 2.60. The Morgan fingerprint density at radius 3 is 2.50 bits per heavy atom. The van der Waals surface area contributed by atoms with Crippen LogP contribution in [0.5, 0.6) is 5.95 Å². The van der Waals surface area contributed by atoms with E-state index in [1.165, 1.54) is 14.2 Å². The highest BCUT2D eigenvalue weighted by atomic mass is 16.6. The Bertz CT molecular complexity index is 330. The van der Waals surface area contributed by atoms with Gasteiger partial charge in [0.2, 0.25) is 11.6 Å². The van der Waals surface area contributed by atoms with Gasteiger partial charge in [-0.25, -0.2) is 9.78 Å². The molecule has 0 radical (unpaired) electrons. The van der Waals surface area contributed by atoms with Crippen LogP contribution in [0.4, 0.5) is 0 Å². The van der Waals surface area contributed by atoms with Crippen molar-refractivity contribution in [1.82, 2.24) is 4.98 Å². The molecule has 5 heteroatoms. The van der Waals surface area contributed by atoms with Crippen molar-refractivity contribution in [2.45, 2.75) is 19.8 Å². The SMILES string of the molecule is COC(=O)c1nc(C(C)C)oc1OC. The fourth-order valence-electron chi connectivity index (χ4n) is 0.933. The largest absolute Gasteiger partial charge is 0.467 e. The van der Waals surface area contributed by atoms with E-state index in [1.807, 2.05) is 13.8 Å². The van der Waals surface area contributed by atoms with Gasteiger partial charge in [0.25, 0.3) is 0 Å². The van der Waals surface area contributed by atoms with Crippen molar-refractivity contribution >= 4 is 5.97 Å². The third-order valence-corrected chi connectivity index (χ3v) is 1.67. The van der Waals surface area contributed by atoms with Crippen LogP contribution in [0, 0.1) is 0 Å². The maximum Gasteiger partial charge on any atom is 0.364 e. The van der Waals surface area contributed by atoms with Crippen LogP contribution in [-0.2, 0) is 4.74 Å². The number of methoxy groups -OCH3 is 2. The summed E-state index contributed by atoms with van der Waals surface area (Å²) in [6, 6.07) is 0. The van der Waals surface area contributed by atoms with E-state index in [-0.39, 0.29) is 17.6 Å². The lowest BCUT2D eigenvalue weighted by Gasteiger charge is -1.95. The lowest BCUT2D eigenvalue weighted by Crippen LogP contribution is -2.04. The van der Waals surface area contributed by atoms with Crippen LogP contribution in [0.3, 0.4) is 0 Å². The molecule has 0 spiro atoms. The van der Waals surface area contributed by atoms with E-state index in [2.05, 4.69) is 9.72 Å². The minimum atomic E-state index is -0.558. The molecule has 0 N–H and O–H groups in total. The second-order valence-electron chi connectivity index (χ2n) is 3.04. The number of carbonyl (C=O) groups is 1. The van der Waals surface area contributed by atoms with Gasteiger partial charge in [-0.05, 0) is 0 Å². The molecule has 5 nitrogen and oxygen atoms in total. The van der Waals surface area contributed by atoms with Crippen LogP contribution in [-0.4, -0.2) is 25.2 Å². The van der Waals surface area contributed by atoms with Crippen LogP contribution in [0.25, 0.3) is 0 Å². The van der Waals surface area contributed by atoms with Gasteiger partial charge in [-0.3, -0.25) is 0 Å². The second kappa shape index (κ2) is 4.13. The Hall–Kier alpha value is -1.52. The van der Waals surface area contributed by atoms with Crippen molar-refractivity contribution in [3.05, 3.63) is 11.6 Å². The van der Waals surface area contributed by atoms with Gasteiger partial charge in [-0.2, -0.15) is 0 Å². The normalized spacial score (nSPS) is 10.4. The molecule has 1 rings (SSSR count). The van der Waals surface area contributed by atoms with E-state index < -0.39 is 5.97 Å². The van der Waals surface area contributed by atoms with Gasteiger partial charge in [0, 0.05) is 5.92 Å². The zero-order valence-electron chi connectivity index (χ0n) is 8.66. The molecule has 0 saturated heterocycles. The number of hydrogen-bond acceptors (Lipinski definition) is 5. The third kappa shape index (κ3) is 1.86.